The minimum Gasteiger partial charge on any atom is -0.391 e. The zero-order chi connectivity index (χ0) is 26.5. The molecule has 4 rings (SSSR count). The van der Waals surface area contributed by atoms with E-state index in [4.69, 9.17) is 4.52 Å². The van der Waals surface area contributed by atoms with Gasteiger partial charge in [0, 0.05) is 25.7 Å². The number of aromatic nitrogens is 2. The number of rotatable bonds is 7. The lowest BCUT2D eigenvalue weighted by atomic mass is 10.1. The van der Waals surface area contributed by atoms with Crippen LogP contribution in [-0.2, 0) is 22.6 Å². The number of nitrogens with one attached hydrogen (secondary N) is 1. The van der Waals surface area contributed by atoms with Crippen LogP contribution in [0.1, 0.15) is 69.2 Å². The van der Waals surface area contributed by atoms with Crippen molar-refractivity contribution in [2.45, 2.75) is 72.4 Å². The summed E-state index contributed by atoms with van der Waals surface area (Å²) in [5.41, 5.74) is 6.05. The molecule has 1 aliphatic heterocycles. The number of thiazole rings is 1. The number of benzene rings is 1. The third-order valence-electron chi connectivity index (χ3n) is 5.36. The van der Waals surface area contributed by atoms with Crippen molar-refractivity contribution in [2.24, 2.45) is 0 Å². The summed E-state index contributed by atoms with van der Waals surface area (Å²) >= 11 is 1.64. The fourth-order valence-electron chi connectivity index (χ4n) is 3.43. The highest BCUT2D eigenvalue weighted by molar-refractivity contribution is 7.13. The van der Waals surface area contributed by atoms with Gasteiger partial charge in [-0.2, -0.15) is 0 Å². The first kappa shape index (κ1) is 29.2. The van der Waals surface area contributed by atoms with Crippen LogP contribution in [0.25, 0.3) is 10.4 Å². The first-order valence-electron chi connectivity index (χ1n) is 12.4. The molecule has 0 aliphatic carbocycles. The average Bonchev–Trinajstić information content (AvgIpc) is 3.60. The largest absolute Gasteiger partial charge is 0.391 e. The Kier molecular flexibility index (Phi) is 12.3. The van der Waals surface area contributed by atoms with Gasteiger partial charge in [-0.15, -0.1) is 11.3 Å². The van der Waals surface area contributed by atoms with E-state index in [9.17, 15) is 14.7 Å². The van der Waals surface area contributed by atoms with Crippen LogP contribution >= 0.6 is 11.3 Å². The Morgan fingerprint density at radius 2 is 2.00 bits per heavy atom. The zero-order valence-corrected chi connectivity index (χ0v) is 22.7. The highest BCUT2D eigenvalue weighted by atomic mass is 32.1. The molecule has 3 heterocycles. The molecule has 196 valence electrons. The monoisotopic (exact) mass is 514 g/mol. The molecule has 0 bridgehead atoms. The van der Waals surface area contributed by atoms with Crippen molar-refractivity contribution in [3.63, 3.8) is 0 Å². The SMILES string of the molecule is CC(C)c1cc(CC(=O)N2CCC(O)C2)on1.CCC.Cc1ncsc1-c1ccc(CNC=O)cc1. The molecule has 2 amide bonds. The maximum Gasteiger partial charge on any atom is 0.230 e. The number of nitrogens with zero attached hydrogens (tertiary/aromatic N) is 3. The maximum absolute atomic E-state index is 11.9. The van der Waals surface area contributed by atoms with Gasteiger partial charge < -0.3 is 19.8 Å². The number of hydrogen-bond donors (Lipinski definition) is 2. The van der Waals surface area contributed by atoms with Gasteiger partial charge in [0.05, 0.1) is 34.3 Å². The molecule has 1 unspecified atom stereocenters. The number of aryl methyl sites for hydroxylation is 1. The number of amides is 2. The first-order valence-corrected chi connectivity index (χ1v) is 13.2. The molecule has 0 radical (unpaired) electrons. The highest BCUT2D eigenvalue weighted by Gasteiger charge is 2.25. The van der Waals surface area contributed by atoms with Crippen LogP contribution in [0.15, 0.2) is 40.4 Å². The molecule has 0 spiro atoms. The molecule has 2 N–H and O–H groups in total. The first-order chi connectivity index (χ1) is 17.3. The van der Waals surface area contributed by atoms with E-state index in [0.29, 0.717) is 44.1 Å². The summed E-state index contributed by atoms with van der Waals surface area (Å²) < 4.78 is 5.12. The molecular formula is C27H38N4O4S. The van der Waals surface area contributed by atoms with Crippen molar-refractivity contribution in [1.82, 2.24) is 20.4 Å². The lowest BCUT2D eigenvalue weighted by Gasteiger charge is -2.13. The number of β-amino-alcohol motifs (C(OH)–C–C–N with tert-alkyl or cyclic N) is 1. The average molecular weight is 515 g/mol. The topological polar surface area (TPSA) is 109 Å². The van der Waals surface area contributed by atoms with Crippen LogP contribution in [0, 0.1) is 6.92 Å². The zero-order valence-electron chi connectivity index (χ0n) is 21.9. The number of aliphatic hydroxyl groups is 1. The van der Waals surface area contributed by atoms with Gasteiger partial charge in [-0.05, 0) is 30.4 Å². The Hall–Kier alpha value is -3.04. The minimum absolute atomic E-state index is 0.00648. The Morgan fingerprint density at radius 3 is 2.50 bits per heavy atom. The van der Waals surface area contributed by atoms with Crippen molar-refractivity contribution < 1.29 is 19.2 Å². The maximum atomic E-state index is 11.9. The van der Waals surface area contributed by atoms with E-state index in [2.05, 4.69) is 41.4 Å². The third kappa shape index (κ3) is 9.20. The lowest BCUT2D eigenvalue weighted by molar-refractivity contribution is -0.130. The van der Waals surface area contributed by atoms with Crippen LogP contribution < -0.4 is 5.32 Å². The Bertz CT molecular complexity index is 1060. The molecule has 0 saturated carbocycles. The van der Waals surface area contributed by atoms with E-state index in [1.165, 1.54) is 16.9 Å². The molecule has 1 aliphatic rings. The second-order valence-electron chi connectivity index (χ2n) is 9.00. The van der Waals surface area contributed by atoms with Crippen molar-refractivity contribution in [3.05, 3.63) is 58.6 Å². The molecule has 8 nitrogen and oxygen atoms in total. The van der Waals surface area contributed by atoms with E-state index >= 15 is 0 Å². The Labute approximate surface area is 217 Å². The highest BCUT2D eigenvalue weighted by Crippen LogP contribution is 2.27. The van der Waals surface area contributed by atoms with Gasteiger partial charge in [-0.3, -0.25) is 9.59 Å². The summed E-state index contributed by atoms with van der Waals surface area (Å²) in [7, 11) is 0. The van der Waals surface area contributed by atoms with E-state index < -0.39 is 0 Å². The van der Waals surface area contributed by atoms with E-state index in [-0.39, 0.29) is 18.4 Å². The molecule has 3 aromatic rings. The Balaban J connectivity index is 0.000000229. The number of hydrogen-bond acceptors (Lipinski definition) is 7. The predicted molar refractivity (Wildman–Crippen MR) is 143 cm³/mol. The summed E-state index contributed by atoms with van der Waals surface area (Å²) in [6.45, 7) is 12.0. The second-order valence-corrected chi connectivity index (χ2v) is 9.86. The van der Waals surface area contributed by atoms with Crippen LogP contribution in [0.4, 0.5) is 0 Å². The van der Waals surface area contributed by atoms with Crippen molar-refractivity contribution in [2.75, 3.05) is 13.1 Å². The number of carbonyl (C=O) groups is 2. The fourth-order valence-corrected chi connectivity index (χ4v) is 4.24. The molecule has 1 atom stereocenters. The van der Waals surface area contributed by atoms with E-state index in [1.807, 2.05) is 44.5 Å². The van der Waals surface area contributed by atoms with Gasteiger partial charge >= 0.3 is 0 Å². The summed E-state index contributed by atoms with van der Waals surface area (Å²) in [6.07, 6.45) is 2.48. The quantitative estimate of drug-likeness (QED) is 0.442. The van der Waals surface area contributed by atoms with Crippen LogP contribution in [0.5, 0.6) is 0 Å². The summed E-state index contributed by atoms with van der Waals surface area (Å²) in [6, 6.07) is 9.98. The van der Waals surface area contributed by atoms with Crippen LogP contribution in [0.3, 0.4) is 0 Å². The van der Waals surface area contributed by atoms with Gasteiger partial charge in [-0.1, -0.05) is 63.5 Å². The van der Waals surface area contributed by atoms with Gasteiger partial charge in [0.1, 0.15) is 5.76 Å². The van der Waals surface area contributed by atoms with Gasteiger partial charge in [0.2, 0.25) is 12.3 Å². The fraction of sp³-hybridized carbons (Fsp3) is 0.481. The molecular weight excluding hydrogens is 476 g/mol. The van der Waals surface area contributed by atoms with Crippen molar-refractivity contribution >= 4 is 23.7 Å². The number of likely N-dealkylation sites (tertiary alicyclic amines) is 1. The molecule has 1 saturated heterocycles. The van der Waals surface area contributed by atoms with E-state index in [1.54, 1.807) is 16.2 Å². The summed E-state index contributed by atoms with van der Waals surface area (Å²) in [5, 5.41) is 15.9. The van der Waals surface area contributed by atoms with Gasteiger partial charge in [0.15, 0.2) is 0 Å². The molecule has 1 aromatic carbocycles. The lowest BCUT2D eigenvalue weighted by Crippen LogP contribution is -2.30. The molecule has 1 fully saturated rings. The molecule has 2 aromatic heterocycles. The summed E-state index contributed by atoms with van der Waals surface area (Å²) in [5.74, 6) is 0.893. The third-order valence-corrected chi connectivity index (χ3v) is 6.34. The summed E-state index contributed by atoms with van der Waals surface area (Å²) in [4.78, 5) is 29.1. The minimum atomic E-state index is -0.375. The Morgan fingerprint density at radius 1 is 1.31 bits per heavy atom. The molecule has 9 heteroatoms. The van der Waals surface area contributed by atoms with Gasteiger partial charge in [-0.25, -0.2) is 4.98 Å². The standard InChI is InChI=1S/C12H18N2O3.C12H12N2OS.C3H8/c1-8(2)11-5-10(17-13-11)6-12(16)14-4-3-9(15)7-14;1-9-12(16-8-14-9)11-4-2-10(3-5-11)6-13-7-15;1-3-2/h5,8-9,15H,3-4,6-7H2,1-2H3;2-5,7-8H,6H2,1H3,(H,13,15);3H2,1-2H3. The molecule has 36 heavy (non-hydrogen) atoms. The van der Waals surface area contributed by atoms with Crippen LogP contribution in [0.2, 0.25) is 0 Å². The van der Waals surface area contributed by atoms with Crippen molar-refractivity contribution in [3.8, 4) is 10.4 Å². The van der Waals surface area contributed by atoms with E-state index in [0.717, 1.165) is 17.0 Å². The number of aliphatic hydroxyl groups excluding tert-OH is 1. The normalized spacial score (nSPS) is 14.5. The van der Waals surface area contributed by atoms with Gasteiger partial charge in [0.25, 0.3) is 0 Å². The van der Waals surface area contributed by atoms with Crippen molar-refractivity contribution in [1.29, 1.82) is 0 Å². The van der Waals surface area contributed by atoms with Crippen LogP contribution in [-0.4, -0.2) is 51.7 Å². The number of carbonyl (C=O) groups excluding carboxylic acids is 2. The predicted octanol–water partition coefficient (Wildman–Crippen LogP) is 4.71. The smallest absolute Gasteiger partial charge is 0.230 e. The second kappa shape index (κ2) is 15.2.